The Hall–Kier alpha value is -1.32. The van der Waals surface area contributed by atoms with Crippen molar-refractivity contribution in [2.45, 2.75) is 130 Å². The Morgan fingerprint density at radius 1 is 0.879 bits per heavy atom. The summed E-state index contributed by atoms with van der Waals surface area (Å²) < 4.78 is 5.48. The van der Waals surface area contributed by atoms with Gasteiger partial charge in [-0.15, -0.1) is 0 Å². The lowest BCUT2D eigenvalue weighted by Crippen LogP contribution is -2.28. The van der Waals surface area contributed by atoms with E-state index >= 15 is 0 Å². The number of allylic oxidation sites excluding steroid dienone is 2. The summed E-state index contributed by atoms with van der Waals surface area (Å²) in [4.78, 5) is 23.7. The Labute approximate surface area is 203 Å². The standard InChI is InChI=1S/C29H52O4/c1-4-7-9-14-18-26-21-20-25(22-27(26)29(31)32)17-13-11-10-12-15-19-28(30)33-23-24(6-3)16-8-5-2/h20-21,24-27H,4-19,22-23H2,1-3H3,(H,31,32). The molecule has 0 fully saturated rings. The van der Waals surface area contributed by atoms with E-state index in [1.165, 1.54) is 32.1 Å². The van der Waals surface area contributed by atoms with Crippen LogP contribution >= 0.6 is 0 Å². The maximum Gasteiger partial charge on any atom is 0.307 e. The Morgan fingerprint density at radius 3 is 2.24 bits per heavy atom. The lowest BCUT2D eigenvalue weighted by atomic mass is 9.75. The van der Waals surface area contributed by atoms with Crippen molar-refractivity contribution in [1.82, 2.24) is 0 Å². The van der Waals surface area contributed by atoms with Crippen LogP contribution in [0.5, 0.6) is 0 Å². The molecular formula is C29H52O4. The molecule has 0 radical (unpaired) electrons. The molecule has 192 valence electrons. The molecule has 4 atom stereocenters. The zero-order chi connectivity index (χ0) is 24.3. The minimum Gasteiger partial charge on any atom is -0.481 e. The number of ether oxygens (including phenoxy) is 1. The molecular weight excluding hydrogens is 412 g/mol. The highest BCUT2D eigenvalue weighted by molar-refractivity contribution is 5.71. The number of carbonyl (C=O) groups is 2. The molecule has 1 aliphatic rings. The lowest BCUT2D eigenvalue weighted by Gasteiger charge is -2.29. The van der Waals surface area contributed by atoms with E-state index in [2.05, 4.69) is 32.9 Å². The number of carboxylic acids is 1. The summed E-state index contributed by atoms with van der Waals surface area (Å²) in [6.07, 6.45) is 22.8. The van der Waals surface area contributed by atoms with Gasteiger partial charge in [-0.05, 0) is 49.9 Å². The number of rotatable bonds is 20. The quantitative estimate of drug-likeness (QED) is 0.112. The summed E-state index contributed by atoms with van der Waals surface area (Å²) in [6, 6.07) is 0. The number of carbonyl (C=O) groups excluding carboxylic acids is 1. The average Bonchev–Trinajstić information content (AvgIpc) is 2.81. The molecule has 0 bridgehead atoms. The van der Waals surface area contributed by atoms with Crippen LogP contribution in [0.3, 0.4) is 0 Å². The predicted octanol–water partition coefficient (Wildman–Crippen LogP) is 8.34. The van der Waals surface area contributed by atoms with Crippen LogP contribution in [0.15, 0.2) is 12.2 Å². The topological polar surface area (TPSA) is 63.6 Å². The number of esters is 1. The Kier molecular flexibility index (Phi) is 17.1. The van der Waals surface area contributed by atoms with Crippen LogP contribution in [0.4, 0.5) is 0 Å². The van der Waals surface area contributed by atoms with E-state index in [4.69, 9.17) is 4.74 Å². The first kappa shape index (κ1) is 29.7. The van der Waals surface area contributed by atoms with Gasteiger partial charge in [-0.2, -0.15) is 0 Å². The van der Waals surface area contributed by atoms with Crippen molar-refractivity contribution in [3.05, 3.63) is 12.2 Å². The highest BCUT2D eigenvalue weighted by atomic mass is 16.5. The van der Waals surface area contributed by atoms with E-state index in [0.717, 1.165) is 70.6 Å². The van der Waals surface area contributed by atoms with Crippen LogP contribution in [0.2, 0.25) is 0 Å². The minimum absolute atomic E-state index is 0.0405. The normalized spacial score (nSPS) is 21.1. The second kappa shape index (κ2) is 19.0. The van der Waals surface area contributed by atoms with Crippen molar-refractivity contribution in [1.29, 1.82) is 0 Å². The van der Waals surface area contributed by atoms with E-state index in [9.17, 15) is 14.7 Å². The van der Waals surface area contributed by atoms with Gasteiger partial charge in [0, 0.05) is 6.42 Å². The summed E-state index contributed by atoms with van der Waals surface area (Å²) in [6.45, 7) is 7.16. The summed E-state index contributed by atoms with van der Waals surface area (Å²) in [5.41, 5.74) is 0. The van der Waals surface area contributed by atoms with Crippen LogP contribution in [-0.4, -0.2) is 23.7 Å². The third-order valence-electron chi connectivity index (χ3n) is 7.39. The van der Waals surface area contributed by atoms with Crippen molar-refractivity contribution >= 4 is 11.9 Å². The number of unbranched alkanes of at least 4 members (excludes halogenated alkanes) is 8. The van der Waals surface area contributed by atoms with Crippen LogP contribution < -0.4 is 0 Å². The Bertz CT molecular complexity index is 542. The lowest BCUT2D eigenvalue weighted by molar-refractivity contribution is -0.145. The second-order valence-electron chi connectivity index (χ2n) is 10.2. The largest absolute Gasteiger partial charge is 0.481 e. The molecule has 4 nitrogen and oxygen atoms in total. The third-order valence-corrected chi connectivity index (χ3v) is 7.39. The molecule has 1 aliphatic carbocycles. The summed E-state index contributed by atoms with van der Waals surface area (Å²) in [5.74, 6) is 0.275. The summed E-state index contributed by atoms with van der Waals surface area (Å²) in [7, 11) is 0. The summed E-state index contributed by atoms with van der Waals surface area (Å²) >= 11 is 0. The smallest absolute Gasteiger partial charge is 0.307 e. The number of hydrogen-bond acceptors (Lipinski definition) is 3. The van der Waals surface area contributed by atoms with Crippen LogP contribution in [0, 0.1) is 23.7 Å². The molecule has 33 heavy (non-hydrogen) atoms. The maximum absolute atomic E-state index is 12.0. The average molecular weight is 465 g/mol. The predicted molar refractivity (Wildman–Crippen MR) is 137 cm³/mol. The molecule has 0 saturated heterocycles. The molecule has 4 unspecified atom stereocenters. The van der Waals surface area contributed by atoms with Gasteiger partial charge in [0.1, 0.15) is 0 Å². The van der Waals surface area contributed by atoms with E-state index in [0.29, 0.717) is 24.9 Å². The number of aliphatic carboxylic acids is 1. The van der Waals surface area contributed by atoms with E-state index in [-0.39, 0.29) is 17.8 Å². The number of hydrogen-bond donors (Lipinski definition) is 1. The van der Waals surface area contributed by atoms with Crippen molar-refractivity contribution in [2.24, 2.45) is 23.7 Å². The fourth-order valence-corrected chi connectivity index (χ4v) is 5.00. The molecule has 0 heterocycles. The van der Waals surface area contributed by atoms with Gasteiger partial charge in [0.05, 0.1) is 12.5 Å². The highest BCUT2D eigenvalue weighted by Crippen LogP contribution is 2.34. The molecule has 0 aliphatic heterocycles. The SMILES string of the molecule is CCCCCCC1C=CC(CCCCCCCC(=O)OCC(CC)CCCC)CC1C(=O)O. The molecule has 0 aromatic carbocycles. The number of carboxylic acid groups (broad SMARTS) is 1. The highest BCUT2D eigenvalue weighted by Gasteiger charge is 2.31. The van der Waals surface area contributed by atoms with Crippen molar-refractivity contribution in [3.63, 3.8) is 0 Å². The first-order chi connectivity index (χ1) is 16.0. The van der Waals surface area contributed by atoms with Gasteiger partial charge in [0.15, 0.2) is 0 Å². The first-order valence-electron chi connectivity index (χ1n) is 14.1. The molecule has 0 saturated carbocycles. The van der Waals surface area contributed by atoms with Gasteiger partial charge in [0.25, 0.3) is 0 Å². The Morgan fingerprint density at radius 2 is 1.55 bits per heavy atom. The molecule has 0 aromatic heterocycles. The molecule has 0 spiro atoms. The maximum atomic E-state index is 12.0. The second-order valence-corrected chi connectivity index (χ2v) is 10.2. The van der Waals surface area contributed by atoms with Gasteiger partial charge in [0.2, 0.25) is 0 Å². The molecule has 0 aromatic rings. The first-order valence-corrected chi connectivity index (χ1v) is 14.1. The van der Waals surface area contributed by atoms with Gasteiger partial charge in [-0.25, -0.2) is 0 Å². The van der Waals surface area contributed by atoms with Crippen LogP contribution in [0.1, 0.15) is 130 Å². The fourth-order valence-electron chi connectivity index (χ4n) is 5.00. The van der Waals surface area contributed by atoms with E-state index in [1.807, 2.05) is 0 Å². The van der Waals surface area contributed by atoms with Gasteiger partial charge >= 0.3 is 11.9 Å². The van der Waals surface area contributed by atoms with E-state index in [1.54, 1.807) is 0 Å². The van der Waals surface area contributed by atoms with E-state index < -0.39 is 5.97 Å². The molecule has 4 heteroatoms. The van der Waals surface area contributed by atoms with Crippen molar-refractivity contribution < 1.29 is 19.4 Å². The zero-order valence-electron chi connectivity index (χ0n) is 21.9. The zero-order valence-corrected chi connectivity index (χ0v) is 21.9. The molecule has 1 rings (SSSR count). The summed E-state index contributed by atoms with van der Waals surface area (Å²) in [5, 5.41) is 9.69. The van der Waals surface area contributed by atoms with Crippen molar-refractivity contribution in [3.8, 4) is 0 Å². The molecule has 1 N–H and O–H groups in total. The van der Waals surface area contributed by atoms with Crippen LogP contribution in [-0.2, 0) is 14.3 Å². The van der Waals surface area contributed by atoms with Gasteiger partial charge in [-0.1, -0.05) is 104 Å². The Balaban J connectivity index is 2.14. The monoisotopic (exact) mass is 464 g/mol. The van der Waals surface area contributed by atoms with Crippen LogP contribution in [0.25, 0.3) is 0 Å². The minimum atomic E-state index is -0.618. The third kappa shape index (κ3) is 13.9. The van der Waals surface area contributed by atoms with Gasteiger partial charge < -0.3 is 9.84 Å². The van der Waals surface area contributed by atoms with Crippen molar-refractivity contribution in [2.75, 3.05) is 6.61 Å². The van der Waals surface area contributed by atoms with Gasteiger partial charge in [-0.3, -0.25) is 9.59 Å². The fraction of sp³-hybridized carbons (Fsp3) is 0.862. The molecule has 0 amide bonds.